The summed E-state index contributed by atoms with van der Waals surface area (Å²) in [6.07, 6.45) is 5.64. The first-order valence-electron chi connectivity index (χ1n) is 5.39. The maximum absolute atomic E-state index is 2.47. The average Bonchev–Trinajstić information content (AvgIpc) is 2.60. The first-order valence-corrected chi connectivity index (χ1v) is 5.39. The Morgan fingerprint density at radius 3 is 3.08 bits per heavy atom. The summed E-state index contributed by atoms with van der Waals surface area (Å²) < 4.78 is 0. The number of hydrogen-bond donors (Lipinski definition) is 0. The van der Waals surface area contributed by atoms with E-state index in [1.807, 2.05) is 0 Å². The third-order valence-corrected chi connectivity index (χ3v) is 4.25. The molecular formula is C13H16. The number of fused-ring (bicyclic) bond motifs is 3. The Bertz CT molecular complexity index is 340. The van der Waals surface area contributed by atoms with Gasteiger partial charge in [-0.25, -0.2) is 0 Å². The smallest absolute Gasteiger partial charge is 0.00411 e. The van der Waals surface area contributed by atoms with Crippen LogP contribution >= 0.6 is 0 Å². The second kappa shape index (κ2) is 2.37. The summed E-state index contributed by atoms with van der Waals surface area (Å²) in [7, 11) is 0. The molecule has 0 amide bonds. The molecule has 1 aromatic rings. The largest absolute Gasteiger partial charge is 0.0620 e. The Kier molecular flexibility index (Phi) is 1.39. The van der Waals surface area contributed by atoms with E-state index >= 15 is 0 Å². The molecule has 0 N–H and O–H groups in total. The zero-order chi connectivity index (χ0) is 8.89. The molecule has 1 fully saturated rings. The van der Waals surface area contributed by atoms with Crippen molar-refractivity contribution in [1.82, 2.24) is 0 Å². The number of rotatable bonds is 0. The van der Waals surface area contributed by atoms with Gasteiger partial charge in [-0.3, -0.25) is 0 Å². The highest BCUT2D eigenvalue weighted by Gasteiger charge is 2.45. The minimum absolute atomic E-state index is 0.538. The molecule has 0 radical (unpaired) electrons. The molecule has 0 saturated heterocycles. The van der Waals surface area contributed by atoms with E-state index in [1.54, 1.807) is 11.1 Å². The van der Waals surface area contributed by atoms with E-state index in [0.717, 1.165) is 5.92 Å². The molecule has 0 bridgehead atoms. The van der Waals surface area contributed by atoms with E-state index in [4.69, 9.17) is 0 Å². The van der Waals surface area contributed by atoms with Crippen molar-refractivity contribution in [2.24, 2.45) is 5.92 Å². The maximum Gasteiger partial charge on any atom is -0.00411 e. The van der Waals surface area contributed by atoms with Crippen LogP contribution in [0.5, 0.6) is 0 Å². The van der Waals surface area contributed by atoms with Gasteiger partial charge in [0.1, 0.15) is 0 Å². The fourth-order valence-electron chi connectivity index (χ4n) is 3.44. The van der Waals surface area contributed by atoms with Gasteiger partial charge in [0.15, 0.2) is 0 Å². The molecule has 0 nitrogen and oxygen atoms in total. The molecule has 0 spiro atoms. The summed E-state index contributed by atoms with van der Waals surface area (Å²) in [6, 6.07) is 9.05. The normalized spacial score (nSPS) is 35.9. The van der Waals surface area contributed by atoms with Crippen LogP contribution in [0.15, 0.2) is 24.3 Å². The highest BCUT2D eigenvalue weighted by atomic mass is 14.5. The van der Waals surface area contributed by atoms with Crippen LogP contribution in [0.25, 0.3) is 0 Å². The third-order valence-electron chi connectivity index (χ3n) is 4.25. The molecule has 0 heterocycles. The summed E-state index contributed by atoms with van der Waals surface area (Å²) in [4.78, 5) is 0. The van der Waals surface area contributed by atoms with E-state index in [-0.39, 0.29) is 0 Å². The lowest BCUT2D eigenvalue weighted by atomic mass is 9.79. The van der Waals surface area contributed by atoms with Crippen molar-refractivity contribution >= 4 is 0 Å². The summed E-state index contributed by atoms with van der Waals surface area (Å²) in [5, 5.41) is 0. The van der Waals surface area contributed by atoms with Gasteiger partial charge in [-0.1, -0.05) is 37.6 Å². The van der Waals surface area contributed by atoms with E-state index in [1.165, 1.54) is 25.7 Å². The zero-order valence-electron chi connectivity index (χ0n) is 8.22. The molecule has 68 valence electrons. The summed E-state index contributed by atoms with van der Waals surface area (Å²) in [5.41, 5.74) is 3.81. The van der Waals surface area contributed by atoms with Crippen LogP contribution in [-0.4, -0.2) is 0 Å². The molecule has 13 heavy (non-hydrogen) atoms. The van der Waals surface area contributed by atoms with Gasteiger partial charge < -0.3 is 0 Å². The van der Waals surface area contributed by atoms with Crippen LogP contribution in [0.3, 0.4) is 0 Å². The van der Waals surface area contributed by atoms with Crippen LogP contribution in [0.4, 0.5) is 0 Å². The monoisotopic (exact) mass is 172 g/mol. The summed E-state index contributed by atoms with van der Waals surface area (Å²) >= 11 is 0. The minimum Gasteiger partial charge on any atom is -0.0620 e. The molecule has 0 aliphatic heterocycles. The molecule has 1 aromatic carbocycles. The number of benzene rings is 1. The van der Waals surface area contributed by atoms with Crippen molar-refractivity contribution in [2.45, 2.75) is 38.0 Å². The van der Waals surface area contributed by atoms with Crippen molar-refractivity contribution in [3.05, 3.63) is 35.4 Å². The van der Waals surface area contributed by atoms with Crippen molar-refractivity contribution in [1.29, 1.82) is 0 Å². The Hall–Kier alpha value is -0.780. The molecule has 0 heteroatoms. The SMILES string of the molecule is CC12CCCC1Cc1ccccc12. The lowest BCUT2D eigenvalue weighted by Crippen LogP contribution is -2.21. The molecule has 0 aromatic heterocycles. The Balaban J connectivity index is 2.17. The topological polar surface area (TPSA) is 0 Å². The highest BCUT2D eigenvalue weighted by molar-refractivity contribution is 5.41. The lowest BCUT2D eigenvalue weighted by molar-refractivity contribution is 0.379. The molecule has 1 saturated carbocycles. The van der Waals surface area contributed by atoms with E-state index in [0.29, 0.717) is 5.41 Å². The van der Waals surface area contributed by atoms with Gasteiger partial charge in [0, 0.05) is 0 Å². The third kappa shape index (κ3) is 0.864. The molecule has 2 unspecified atom stereocenters. The van der Waals surface area contributed by atoms with Gasteiger partial charge in [0.05, 0.1) is 0 Å². The average molecular weight is 172 g/mol. The second-order valence-electron chi connectivity index (χ2n) is 4.87. The fourth-order valence-corrected chi connectivity index (χ4v) is 3.44. The molecule has 2 aliphatic carbocycles. The number of hydrogen-bond acceptors (Lipinski definition) is 0. The van der Waals surface area contributed by atoms with Gasteiger partial charge in [-0.05, 0) is 41.7 Å². The van der Waals surface area contributed by atoms with Crippen molar-refractivity contribution < 1.29 is 0 Å². The van der Waals surface area contributed by atoms with Crippen molar-refractivity contribution in [2.75, 3.05) is 0 Å². The molecular weight excluding hydrogens is 156 g/mol. The van der Waals surface area contributed by atoms with Gasteiger partial charge in [-0.15, -0.1) is 0 Å². The minimum atomic E-state index is 0.538. The van der Waals surface area contributed by atoms with Crippen LogP contribution in [0.2, 0.25) is 0 Å². The van der Waals surface area contributed by atoms with Gasteiger partial charge >= 0.3 is 0 Å². The molecule has 2 aliphatic rings. The van der Waals surface area contributed by atoms with Gasteiger partial charge in [0.25, 0.3) is 0 Å². The predicted octanol–water partition coefficient (Wildman–Crippen LogP) is 3.30. The Morgan fingerprint density at radius 2 is 2.15 bits per heavy atom. The van der Waals surface area contributed by atoms with Gasteiger partial charge in [-0.2, -0.15) is 0 Å². The van der Waals surface area contributed by atoms with Crippen LogP contribution < -0.4 is 0 Å². The maximum atomic E-state index is 2.47. The summed E-state index contributed by atoms with van der Waals surface area (Å²) in [6.45, 7) is 2.47. The molecule has 2 atom stereocenters. The van der Waals surface area contributed by atoms with E-state index in [2.05, 4.69) is 31.2 Å². The quantitative estimate of drug-likeness (QED) is 0.563. The molecule has 3 rings (SSSR count). The van der Waals surface area contributed by atoms with E-state index < -0.39 is 0 Å². The van der Waals surface area contributed by atoms with Crippen LogP contribution in [-0.2, 0) is 11.8 Å². The van der Waals surface area contributed by atoms with Crippen molar-refractivity contribution in [3.63, 3.8) is 0 Å². The van der Waals surface area contributed by atoms with Gasteiger partial charge in [0.2, 0.25) is 0 Å². The van der Waals surface area contributed by atoms with Crippen molar-refractivity contribution in [3.8, 4) is 0 Å². The van der Waals surface area contributed by atoms with Crippen LogP contribution in [0, 0.1) is 5.92 Å². The first-order chi connectivity index (χ1) is 6.31. The Labute approximate surface area is 80.0 Å². The first kappa shape index (κ1) is 7.61. The standard InChI is InChI=1S/C13H16/c1-13-8-4-6-11(13)9-10-5-2-3-7-12(10)13/h2-3,5,7,11H,4,6,8-9H2,1H3. The Morgan fingerprint density at radius 1 is 1.31 bits per heavy atom. The predicted molar refractivity (Wildman–Crippen MR) is 54.8 cm³/mol. The second-order valence-corrected chi connectivity index (χ2v) is 4.87. The van der Waals surface area contributed by atoms with Crippen LogP contribution in [0.1, 0.15) is 37.3 Å². The van der Waals surface area contributed by atoms with E-state index in [9.17, 15) is 0 Å². The fraction of sp³-hybridized carbons (Fsp3) is 0.538. The highest BCUT2D eigenvalue weighted by Crippen LogP contribution is 2.52. The lowest BCUT2D eigenvalue weighted by Gasteiger charge is -2.25. The summed E-state index contributed by atoms with van der Waals surface area (Å²) in [5.74, 6) is 0.949. The zero-order valence-corrected chi connectivity index (χ0v) is 8.22.